The number of amides is 1. The van der Waals surface area contributed by atoms with Crippen molar-refractivity contribution in [3.05, 3.63) is 47.9 Å². The molecule has 0 radical (unpaired) electrons. The Balaban J connectivity index is 1.39. The number of nitrogens with one attached hydrogen (secondary N) is 2. The number of carboxylic acids is 1. The standard InChI is InChI=1S/C18H20N4O4/c23-17(22-13-3-4-13)11-26-14-5-1-12(2-6-14)7-8-19-16-10-20-15(9-21-16)18(24)25/h1-2,5-6,9-10,13H,3-4,7-8,11H2,(H,19,21)(H,22,23)(H,24,25). The van der Waals surface area contributed by atoms with Crippen LogP contribution in [-0.2, 0) is 11.2 Å². The molecule has 3 N–H and O–H groups in total. The first-order valence-electron chi connectivity index (χ1n) is 8.40. The molecule has 1 aromatic carbocycles. The molecule has 1 fully saturated rings. The molecule has 1 aliphatic carbocycles. The summed E-state index contributed by atoms with van der Waals surface area (Å²) in [6.07, 6.45) is 5.49. The average Bonchev–Trinajstić information content (AvgIpc) is 3.45. The van der Waals surface area contributed by atoms with E-state index in [1.54, 1.807) is 0 Å². The van der Waals surface area contributed by atoms with Gasteiger partial charge in [0.2, 0.25) is 0 Å². The van der Waals surface area contributed by atoms with Crippen LogP contribution in [-0.4, -0.2) is 46.1 Å². The topological polar surface area (TPSA) is 113 Å². The molecule has 1 aromatic heterocycles. The van der Waals surface area contributed by atoms with Gasteiger partial charge in [-0.2, -0.15) is 0 Å². The van der Waals surface area contributed by atoms with Crippen molar-refractivity contribution in [2.24, 2.45) is 0 Å². The van der Waals surface area contributed by atoms with E-state index in [0.29, 0.717) is 24.2 Å². The molecule has 1 amide bonds. The second kappa shape index (κ2) is 8.28. The van der Waals surface area contributed by atoms with Gasteiger partial charge in [-0.15, -0.1) is 0 Å². The molecule has 26 heavy (non-hydrogen) atoms. The number of carbonyl (C=O) groups is 2. The van der Waals surface area contributed by atoms with Crippen molar-refractivity contribution < 1.29 is 19.4 Å². The fourth-order valence-corrected chi connectivity index (χ4v) is 2.26. The summed E-state index contributed by atoms with van der Waals surface area (Å²) in [5.41, 5.74) is 1.01. The van der Waals surface area contributed by atoms with Crippen LogP contribution in [0.5, 0.6) is 5.75 Å². The summed E-state index contributed by atoms with van der Waals surface area (Å²) in [6.45, 7) is 0.660. The van der Waals surface area contributed by atoms with Gasteiger partial charge < -0.3 is 20.5 Å². The molecule has 0 saturated heterocycles. The number of carbonyl (C=O) groups excluding carboxylic acids is 1. The van der Waals surface area contributed by atoms with E-state index >= 15 is 0 Å². The Morgan fingerprint density at radius 1 is 1.15 bits per heavy atom. The number of anilines is 1. The van der Waals surface area contributed by atoms with Crippen molar-refractivity contribution in [2.75, 3.05) is 18.5 Å². The molecule has 8 heteroatoms. The normalized spacial score (nSPS) is 13.1. The lowest BCUT2D eigenvalue weighted by atomic mass is 10.1. The quantitative estimate of drug-likeness (QED) is 0.624. The van der Waals surface area contributed by atoms with Crippen LogP contribution in [0.15, 0.2) is 36.7 Å². The highest BCUT2D eigenvalue weighted by Gasteiger charge is 2.23. The summed E-state index contributed by atoms with van der Waals surface area (Å²) in [5.74, 6) is -0.00778. The van der Waals surface area contributed by atoms with Crippen LogP contribution in [0.25, 0.3) is 0 Å². The Hall–Kier alpha value is -3.16. The number of hydrogen-bond donors (Lipinski definition) is 3. The van der Waals surface area contributed by atoms with Crippen molar-refractivity contribution in [3.8, 4) is 5.75 Å². The number of rotatable bonds is 9. The van der Waals surface area contributed by atoms with Crippen LogP contribution in [0.4, 0.5) is 5.82 Å². The number of carboxylic acid groups (broad SMARTS) is 1. The molecule has 3 rings (SSSR count). The van der Waals surface area contributed by atoms with E-state index in [1.165, 1.54) is 12.4 Å². The Kier molecular flexibility index (Phi) is 5.62. The van der Waals surface area contributed by atoms with Gasteiger partial charge in [-0.3, -0.25) is 4.79 Å². The smallest absolute Gasteiger partial charge is 0.356 e. The van der Waals surface area contributed by atoms with Crippen molar-refractivity contribution >= 4 is 17.7 Å². The predicted octanol–water partition coefficient (Wildman–Crippen LogP) is 1.49. The minimum Gasteiger partial charge on any atom is -0.484 e. The minimum absolute atomic E-state index is 0.0302. The highest BCUT2D eigenvalue weighted by Crippen LogP contribution is 2.18. The Morgan fingerprint density at radius 3 is 2.54 bits per heavy atom. The largest absolute Gasteiger partial charge is 0.484 e. The maximum absolute atomic E-state index is 11.6. The third-order valence-corrected chi connectivity index (χ3v) is 3.83. The molecular formula is C18H20N4O4. The van der Waals surface area contributed by atoms with Gasteiger partial charge in [0.15, 0.2) is 12.3 Å². The fraction of sp³-hybridized carbons (Fsp3) is 0.333. The van der Waals surface area contributed by atoms with Crippen molar-refractivity contribution in [2.45, 2.75) is 25.3 Å². The highest BCUT2D eigenvalue weighted by molar-refractivity contribution is 5.84. The second-order valence-electron chi connectivity index (χ2n) is 6.04. The zero-order chi connectivity index (χ0) is 18.4. The van der Waals surface area contributed by atoms with Gasteiger partial charge in [-0.1, -0.05) is 12.1 Å². The monoisotopic (exact) mass is 356 g/mol. The third-order valence-electron chi connectivity index (χ3n) is 3.83. The Morgan fingerprint density at radius 2 is 1.92 bits per heavy atom. The lowest BCUT2D eigenvalue weighted by Crippen LogP contribution is -2.30. The van der Waals surface area contributed by atoms with Gasteiger partial charge in [-0.25, -0.2) is 14.8 Å². The van der Waals surface area contributed by atoms with E-state index in [0.717, 1.165) is 24.8 Å². The van der Waals surface area contributed by atoms with Gasteiger partial charge in [0, 0.05) is 12.6 Å². The van der Waals surface area contributed by atoms with Gasteiger partial charge >= 0.3 is 5.97 Å². The lowest BCUT2D eigenvalue weighted by molar-refractivity contribution is -0.123. The van der Waals surface area contributed by atoms with E-state index in [9.17, 15) is 9.59 Å². The lowest BCUT2D eigenvalue weighted by Gasteiger charge is -2.08. The van der Waals surface area contributed by atoms with Crippen LogP contribution in [0.1, 0.15) is 28.9 Å². The maximum atomic E-state index is 11.6. The molecule has 8 nitrogen and oxygen atoms in total. The van der Waals surface area contributed by atoms with Crippen molar-refractivity contribution in [1.82, 2.24) is 15.3 Å². The van der Waals surface area contributed by atoms with Crippen LogP contribution in [0.3, 0.4) is 0 Å². The van der Waals surface area contributed by atoms with Crippen LogP contribution in [0.2, 0.25) is 0 Å². The van der Waals surface area contributed by atoms with Crippen LogP contribution < -0.4 is 15.4 Å². The first-order valence-corrected chi connectivity index (χ1v) is 8.40. The molecule has 1 aliphatic rings. The molecule has 2 aromatic rings. The molecule has 0 unspecified atom stereocenters. The maximum Gasteiger partial charge on any atom is 0.356 e. The first kappa shape index (κ1) is 17.7. The summed E-state index contributed by atoms with van der Waals surface area (Å²) in [4.78, 5) is 30.1. The van der Waals surface area contributed by atoms with Crippen molar-refractivity contribution in [1.29, 1.82) is 0 Å². The number of aromatic nitrogens is 2. The van der Waals surface area contributed by atoms with Gasteiger partial charge in [0.1, 0.15) is 11.6 Å². The first-order chi connectivity index (χ1) is 12.6. The Labute approximate surface area is 150 Å². The number of benzene rings is 1. The number of nitrogens with zero attached hydrogens (tertiary/aromatic N) is 2. The number of hydrogen-bond acceptors (Lipinski definition) is 6. The molecule has 0 spiro atoms. The van der Waals surface area contributed by atoms with E-state index in [1.807, 2.05) is 24.3 Å². The molecule has 0 atom stereocenters. The molecule has 0 bridgehead atoms. The third kappa shape index (κ3) is 5.44. The summed E-state index contributed by atoms with van der Waals surface area (Å²) in [6, 6.07) is 7.89. The molecule has 136 valence electrons. The van der Waals surface area contributed by atoms with E-state index < -0.39 is 5.97 Å². The zero-order valence-corrected chi connectivity index (χ0v) is 14.1. The van der Waals surface area contributed by atoms with Crippen molar-refractivity contribution in [3.63, 3.8) is 0 Å². The summed E-state index contributed by atoms with van der Waals surface area (Å²) < 4.78 is 5.46. The van der Waals surface area contributed by atoms with E-state index in [-0.39, 0.29) is 18.2 Å². The summed E-state index contributed by atoms with van der Waals surface area (Å²) in [5, 5.41) is 14.7. The zero-order valence-electron chi connectivity index (χ0n) is 14.1. The molecule has 1 saturated carbocycles. The van der Waals surface area contributed by atoms with Gasteiger partial charge in [-0.05, 0) is 37.0 Å². The van der Waals surface area contributed by atoms with E-state index in [4.69, 9.17) is 9.84 Å². The molecule has 1 heterocycles. The number of aromatic carboxylic acids is 1. The molecule has 0 aliphatic heterocycles. The van der Waals surface area contributed by atoms with Crippen LogP contribution in [0, 0.1) is 0 Å². The van der Waals surface area contributed by atoms with Gasteiger partial charge in [0.25, 0.3) is 5.91 Å². The summed E-state index contributed by atoms with van der Waals surface area (Å²) >= 11 is 0. The van der Waals surface area contributed by atoms with E-state index in [2.05, 4.69) is 20.6 Å². The SMILES string of the molecule is O=C(COc1ccc(CCNc2cnc(C(=O)O)cn2)cc1)NC1CC1. The molecular weight excluding hydrogens is 336 g/mol. The average molecular weight is 356 g/mol. The van der Waals surface area contributed by atoms with Crippen LogP contribution >= 0.6 is 0 Å². The highest BCUT2D eigenvalue weighted by atomic mass is 16.5. The summed E-state index contributed by atoms with van der Waals surface area (Å²) in [7, 11) is 0. The Bertz CT molecular complexity index is 758. The second-order valence-corrected chi connectivity index (χ2v) is 6.04. The number of ether oxygens (including phenoxy) is 1. The predicted molar refractivity (Wildman–Crippen MR) is 94.3 cm³/mol. The van der Waals surface area contributed by atoms with Gasteiger partial charge in [0.05, 0.1) is 12.4 Å². The minimum atomic E-state index is -1.10. The fourth-order valence-electron chi connectivity index (χ4n) is 2.26.